The predicted molar refractivity (Wildman–Crippen MR) is 74.1 cm³/mol. The summed E-state index contributed by atoms with van der Waals surface area (Å²) in [5.41, 5.74) is 0.0273. The van der Waals surface area contributed by atoms with Gasteiger partial charge in [0, 0.05) is 9.66 Å². The zero-order valence-corrected chi connectivity index (χ0v) is 13.2. The van der Waals surface area contributed by atoms with Gasteiger partial charge in [0.15, 0.2) is 0 Å². The van der Waals surface area contributed by atoms with Crippen LogP contribution in [0.25, 0.3) is 3.58 Å². The molecule has 10 heteroatoms. The number of alkyl halides is 9. The Hall–Kier alpha value is -0.580. The summed E-state index contributed by atoms with van der Waals surface area (Å²) in [5, 5.41) is -5.84. The van der Waals surface area contributed by atoms with Crippen LogP contribution >= 0.6 is 34.2 Å². The van der Waals surface area contributed by atoms with Crippen molar-refractivity contribution < 1.29 is 35.1 Å². The monoisotopic (exact) mass is 464 g/mol. The van der Waals surface area contributed by atoms with Crippen LogP contribution in [0.1, 0.15) is 5.56 Å². The molecule has 0 amide bonds. The average molecular weight is 465 g/mol. The molecule has 0 atom stereocenters. The first-order chi connectivity index (χ1) is 9.74. The lowest BCUT2D eigenvalue weighted by molar-refractivity contribution is -0.335. The summed E-state index contributed by atoms with van der Waals surface area (Å²) in [6.45, 7) is 0. The summed E-state index contributed by atoms with van der Waals surface area (Å²) in [6.07, 6.45) is -0.501. The van der Waals surface area contributed by atoms with Gasteiger partial charge in [-0.15, -0.1) is 0 Å². The highest BCUT2D eigenvalue weighted by atomic mass is 127. The average Bonchev–Trinajstić information content (AvgIpc) is 2.37. The van der Waals surface area contributed by atoms with E-state index in [0.717, 1.165) is 0 Å². The lowest BCUT2D eigenvalue weighted by Crippen LogP contribution is -2.59. The smallest absolute Gasteiger partial charge is 0.195 e. The van der Waals surface area contributed by atoms with E-state index in [4.69, 9.17) is 0 Å². The molecule has 0 radical (unpaired) electrons. The summed E-state index contributed by atoms with van der Waals surface area (Å²) in [7, 11) is 0. The van der Waals surface area contributed by atoms with E-state index >= 15 is 0 Å². The van der Waals surface area contributed by atoms with Gasteiger partial charge in [-0.05, 0) is 39.8 Å². The molecular formula is C12H6ClF8I. The van der Waals surface area contributed by atoms with Crippen molar-refractivity contribution in [1.82, 2.24) is 0 Å². The molecule has 0 fully saturated rings. The molecule has 1 rings (SSSR count). The summed E-state index contributed by atoms with van der Waals surface area (Å²) in [6, 6.07) is 6.78. The van der Waals surface area contributed by atoms with E-state index in [1.807, 2.05) is 0 Å². The van der Waals surface area contributed by atoms with Crippen molar-refractivity contribution in [3.63, 3.8) is 0 Å². The lowest BCUT2D eigenvalue weighted by atomic mass is 10.0. The van der Waals surface area contributed by atoms with Crippen molar-refractivity contribution in [2.45, 2.75) is 23.1 Å². The molecule has 0 aliphatic rings. The van der Waals surface area contributed by atoms with Gasteiger partial charge in [-0.1, -0.05) is 30.3 Å². The zero-order chi connectivity index (χ0) is 17.4. The van der Waals surface area contributed by atoms with Gasteiger partial charge in [-0.25, -0.2) is 0 Å². The number of benzene rings is 1. The van der Waals surface area contributed by atoms with Gasteiger partial charge in [0.25, 0.3) is 0 Å². The summed E-state index contributed by atoms with van der Waals surface area (Å²) < 4.78 is 103. The third-order valence-electron chi connectivity index (χ3n) is 2.53. The van der Waals surface area contributed by atoms with Gasteiger partial charge in [-0.3, -0.25) is 0 Å². The molecule has 0 aliphatic heterocycles. The fourth-order valence-corrected chi connectivity index (χ4v) is 2.19. The van der Waals surface area contributed by atoms with E-state index in [-0.39, 0.29) is 5.56 Å². The molecule has 0 aliphatic carbocycles. The highest BCUT2D eigenvalue weighted by Crippen LogP contribution is 2.54. The fraction of sp³-hybridized carbons (Fsp3) is 0.333. The van der Waals surface area contributed by atoms with E-state index in [1.165, 1.54) is 52.9 Å². The van der Waals surface area contributed by atoms with Crippen molar-refractivity contribution in [2.75, 3.05) is 0 Å². The Bertz CT molecular complexity index is 550. The van der Waals surface area contributed by atoms with E-state index in [0.29, 0.717) is 0 Å². The number of allylic oxidation sites excluding steroid dienone is 1. The summed E-state index contributed by atoms with van der Waals surface area (Å²) in [5.74, 6) is -18.4. The van der Waals surface area contributed by atoms with E-state index in [9.17, 15) is 35.1 Å². The Morgan fingerprint density at radius 3 is 1.73 bits per heavy atom. The molecule has 1 aromatic rings. The van der Waals surface area contributed by atoms with Crippen LogP contribution in [-0.2, 0) is 0 Å². The first kappa shape index (κ1) is 19.5. The molecule has 0 unspecified atom stereocenters. The van der Waals surface area contributed by atoms with E-state index in [1.54, 1.807) is 0 Å². The molecule has 0 spiro atoms. The quantitative estimate of drug-likeness (QED) is 0.277. The van der Waals surface area contributed by atoms with Gasteiger partial charge >= 0.3 is 23.1 Å². The van der Waals surface area contributed by atoms with Gasteiger partial charge in [0.2, 0.25) is 0 Å². The minimum atomic E-state index is -6.45. The maximum atomic E-state index is 13.5. The molecule has 22 heavy (non-hydrogen) atoms. The second-order valence-electron chi connectivity index (χ2n) is 4.13. The van der Waals surface area contributed by atoms with Crippen LogP contribution in [0.15, 0.2) is 36.4 Å². The Balaban J connectivity index is 3.28. The van der Waals surface area contributed by atoms with Gasteiger partial charge in [0.1, 0.15) is 0 Å². The molecule has 0 saturated heterocycles. The number of hydrogen-bond donors (Lipinski definition) is 0. The van der Waals surface area contributed by atoms with Crippen LogP contribution < -0.4 is 0 Å². The first-order valence-electron chi connectivity index (χ1n) is 5.38. The van der Waals surface area contributed by atoms with Crippen molar-refractivity contribution in [3.05, 3.63) is 42.0 Å². The maximum Gasteiger partial charge on any atom is 0.393 e. The van der Waals surface area contributed by atoms with Gasteiger partial charge < -0.3 is 0 Å². The van der Waals surface area contributed by atoms with Crippen molar-refractivity contribution in [2.24, 2.45) is 0 Å². The first-order valence-corrected chi connectivity index (χ1v) is 6.83. The Morgan fingerprint density at radius 2 is 1.32 bits per heavy atom. The lowest BCUT2D eigenvalue weighted by Gasteiger charge is -2.33. The third kappa shape index (κ3) is 3.50. The minimum absolute atomic E-state index is 0.0273. The predicted octanol–water partition coefficient (Wildman–Crippen LogP) is 6.20. The van der Waals surface area contributed by atoms with E-state index in [2.05, 4.69) is 11.6 Å². The number of rotatable bonds is 5. The highest BCUT2D eigenvalue weighted by Gasteiger charge is 2.79. The van der Waals surface area contributed by atoms with Crippen molar-refractivity contribution >= 4 is 37.8 Å². The number of hydrogen-bond acceptors (Lipinski definition) is 0. The minimum Gasteiger partial charge on any atom is -0.195 e. The molecule has 1 aromatic carbocycles. The second kappa shape index (κ2) is 6.14. The Labute approximate surface area is 138 Å². The standard InChI is InChI=1S/C12H6ClF8I/c13-12(20,21)11(18,19)10(16,17)9(14,15)6-8(22)7-4-2-1-3-5-7/h1-6H/b8-6-. The molecule has 124 valence electrons. The second-order valence-corrected chi connectivity index (χ2v) is 5.76. The van der Waals surface area contributed by atoms with Crippen LogP contribution in [0.3, 0.4) is 0 Å². The SMILES string of the molecule is FC(F)(Cl)C(F)(F)C(F)(F)C(F)(F)/C=C(\I)c1ccccc1. The largest absolute Gasteiger partial charge is 0.393 e. The zero-order valence-electron chi connectivity index (χ0n) is 10.2. The van der Waals surface area contributed by atoms with Crippen LogP contribution in [0, 0.1) is 0 Å². The topological polar surface area (TPSA) is 0 Å². The molecule has 0 aromatic heterocycles. The molecule has 0 heterocycles. The van der Waals surface area contributed by atoms with Crippen LogP contribution in [-0.4, -0.2) is 23.1 Å². The van der Waals surface area contributed by atoms with Crippen molar-refractivity contribution in [1.29, 1.82) is 0 Å². The third-order valence-corrected chi connectivity index (χ3v) is 3.70. The summed E-state index contributed by atoms with van der Waals surface area (Å²) in [4.78, 5) is 0. The van der Waals surface area contributed by atoms with Crippen molar-refractivity contribution in [3.8, 4) is 0 Å². The molecular weight excluding hydrogens is 458 g/mol. The fourth-order valence-electron chi connectivity index (χ4n) is 1.32. The Morgan fingerprint density at radius 1 is 0.864 bits per heavy atom. The Kier molecular flexibility index (Phi) is 5.43. The molecule has 0 N–H and O–H groups in total. The molecule has 0 saturated carbocycles. The van der Waals surface area contributed by atoms with Gasteiger partial charge in [0.05, 0.1) is 0 Å². The molecule has 0 nitrogen and oxygen atoms in total. The van der Waals surface area contributed by atoms with Crippen LogP contribution in [0.2, 0.25) is 0 Å². The molecule has 0 bridgehead atoms. The highest BCUT2D eigenvalue weighted by molar-refractivity contribution is 14.1. The normalized spacial score (nSPS) is 15.1. The maximum absolute atomic E-state index is 13.5. The van der Waals surface area contributed by atoms with Crippen LogP contribution in [0.4, 0.5) is 35.1 Å². The number of halogens is 10. The summed E-state index contributed by atoms with van der Waals surface area (Å²) >= 11 is 5.05. The van der Waals surface area contributed by atoms with Crippen LogP contribution in [0.5, 0.6) is 0 Å². The van der Waals surface area contributed by atoms with E-state index < -0.39 is 32.8 Å². The van der Waals surface area contributed by atoms with Gasteiger partial charge in [-0.2, -0.15) is 35.1 Å².